The van der Waals surface area contributed by atoms with Crippen LogP contribution in [0.1, 0.15) is 31.3 Å². The van der Waals surface area contributed by atoms with Gasteiger partial charge >= 0.3 is 0 Å². The number of nitrogens with one attached hydrogen (secondary N) is 2. The lowest BCUT2D eigenvalue weighted by Crippen LogP contribution is -2.46. The van der Waals surface area contributed by atoms with E-state index in [4.69, 9.17) is 0 Å². The van der Waals surface area contributed by atoms with E-state index in [1.165, 1.54) is 18.3 Å². The van der Waals surface area contributed by atoms with Crippen LogP contribution in [0.4, 0.5) is 0 Å². The van der Waals surface area contributed by atoms with Gasteiger partial charge in [0.2, 0.25) is 5.91 Å². The molecular weight excluding hydrogens is 234 g/mol. The SMILES string of the molecule is CC(C)NC(=O)C(C)NC(=O)c1ncccc1O. The molecule has 0 bridgehead atoms. The van der Waals surface area contributed by atoms with Crippen LogP contribution in [-0.4, -0.2) is 34.0 Å². The van der Waals surface area contributed by atoms with Gasteiger partial charge in [-0.05, 0) is 32.9 Å². The smallest absolute Gasteiger partial charge is 0.274 e. The molecule has 3 N–H and O–H groups in total. The Kier molecular flexibility index (Phi) is 4.65. The van der Waals surface area contributed by atoms with Crippen LogP contribution >= 0.6 is 0 Å². The molecule has 1 aromatic rings. The molecule has 6 nitrogen and oxygen atoms in total. The number of aromatic hydroxyl groups is 1. The Hall–Kier alpha value is -2.11. The third-order valence-corrected chi connectivity index (χ3v) is 2.17. The zero-order valence-electron chi connectivity index (χ0n) is 10.6. The van der Waals surface area contributed by atoms with Crippen molar-refractivity contribution in [1.29, 1.82) is 0 Å². The summed E-state index contributed by atoms with van der Waals surface area (Å²) in [5.41, 5.74) is -0.0957. The molecule has 1 heterocycles. The third kappa shape index (κ3) is 3.73. The molecule has 0 aliphatic heterocycles. The molecule has 1 unspecified atom stereocenters. The van der Waals surface area contributed by atoms with E-state index >= 15 is 0 Å². The minimum atomic E-state index is -0.693. The standard InChI is InChI=1S/C12H17N3O3/c1-7(2)14-11(17)8(3)15-12(18)10-9(16)5-4-6-13-10/h4-8,16H,1-3H3,(H,14,17)(H,15,18). The number of amides is 2. The molecule has 0 aromatic carbocycles. The van der Waals surface area contributed by atoms with Crippen LogP contribution in [0, 0.1) is 0 Å². The first-order valence-electron chi connectivity index (χ1n) is 5.67. The molecule has 1 aromatic heterocycles. The van der Waals surface area contributed by atoms with E-state index in [9.17, 15) is 14.7 Å². The summed E-state index contributed by atoms with van der Waals surface area (Å²) in [5, 5.41) is 14.6. The number of aromatic nitrogens is 1. The largest absolute Gasteiger partial charge is 0.505 e. The molecule has 18 heavy (non-hydrogen) atoms. The number of nitrogens with zero attached hydrogens (tertiary/aromatic N) is 1. The minimum absolute atomic E-state index is 0.0000973. The van der Waals surface area contributed by atoms with Crippen molar-refractivity contribution in [1.82, 2.24) is 15.6 Å². The minimum Gasteiger partial charge on any atom is -0.505 e. The lowest BCUT2D eigenvalue weighted by atomic mass is 10.2. The van der Waals surface area contributed by atoms with Gasteiger partial charge in [-0.15, -0.1) is 0 Å². The summed E-state index contributed by atoms with van der Waals surface area (Å²) < 4.78 is 0. The van der Waals surface area contributed by atoms with Gasteiger partial charge in [-0.3, -0.25) is 9.59 Å². The highest BCUT2D eigenvalue weighted by atomic mass is 16.3. The summed E-state index contributed by atoms with van der Waals surface area (Å²) >= 11 is 0. The predicted octanol–water partition coefficient (Wildman–Crippen LogP) is 0.430. The molecular formula is C12H17N3O3. The maximum absolute atomic E-state index is 11.8. The number of hydrogen-bond acceptors (Lipinski definition) is 4. The van der Waals surface area contributed by atoms with Crippen molar-refractivity contribution in [2.75, 3.05) is 0 Å². The maximum atomic E-state index is 11.8. The molecule has 0 aliphatic carbocycles. The number of hydrogen-bond donors (Lipinski definition) is 3. The van der Waals surface area contributed by atoms with Gasteiger partial charge in [0, 0.05) is 12.2 Å². The van der Waals surface area contributed by atoms with Gasteiger partial charge in [0.05, 0.1) is 0 Å². The number of rotatable bonds is 4. The van der Waals surface area contributed by atoms with Crippen LogP contribution in [0.15, 0.2) is 18.3 Å². The van der Waals surface area contributed by atoms with E-state index in [0.717, 1.165) is 0 Å². The van der Waals surface area contributed by atoms with Crippen LogP contribution < -0.4 is 10.6 Å². The molecule has 0 radical (unpaired) electrons. The van der Waals surface area contributed by atoms with Crippen molar-refractivity contribution in [3.63, 3.8) is 0 Å². The lowest BCUT2D eigenvalue weighted by Gasteiger charge is -2.15. The molecule has 6 heteroatoms. The number of carbonyl (C=O) groups excluding carboxylic acids is 2. The molecule has 0 aliphatic rings. The molecule has 0 spiro atoms. The van der Waals surface area contributed by atoms with Gasteiger partial charge in [-0.25, -0.2) is 4.98 Å². The van der Waals surface area contributed by atoms with Crippen LogP contribution in [0.5, 0.6) is 5.75 Å². The molecule has 2 amide bonds. The van der Waals surface area contributed by atoms with Crippen molar-refractivity contribution in [2.24, 2.45) is 0 Å². The summed E-state index contributed by atoms with van der Waals surface area (Å²) in [5.74, 6) is -1.08. The molecule has 0 fully saturated rings. The summed E-state index contributed by atoms with van der Waals surface area (Å²) in [6, 6.07) is 2.18. The normalized spacial score (nSPS) is 12.0. The van der Waals surface area contributed by atoms with Crippen LogP contribution in [0.25, 0.3) is 0 Å². The van der Waals surface area contributed by atoms with Crippen LogP contribution in [0.3, 0.4) is 0 Å². The fourth-order valence-electron chi connectivity index (χ4n) is 1.31. The highest BCUT2D eigenvalue weighted by Crippen LogP contribution is 2.12. The first kappa shape index (κ1) is 14.0. The zero-order chi connectivity index (χ0) is 13.7. The van der Waals surface area contributed by atoms with E-state index < -0.39 is 11.9 Å². The van der Waals surface area contributed by atoms with Crippen molar-refractivity contribution >= 4 is 11.8 Å². The number of carbonyl (C=O) groups is 2. The Bertz CT molecular complexity index is 446. The van der Waals surface area contributed by atoms with E-state index in [2.05, 4.69) is 15.6 Å². The molecule has 1 rings (SSSR count). The Morgan fingerprint density at radius 1 is 1.28 bits per heavy atom. The molecule has 0 saturated carbocycles. The van der Waals surface area contributed by atoms with Gasteiger partial charge in [0.1, 0.15) is 11.8 Å². The van der Waals surface area contributed by atoms with Gasteiger partial charge in [0.15, 0.2) is 5.69 Å². The first-order chi connectivity index (χ1) is 8.41. The van der Waals surface area contributed by atoms with E-state index in [1.807, 2.05) is 13.8 Å². The van der Waals surface area contributed by atoms with E-state index in [1.54, 1.807) is 6.92 Å². The summed E-state index contributed by atoms with van der Waals surface area (Å²) in [6.45, 7) is 5.23. The molecule has 98 valence electrons. The van der Waals surface area contributed by atoms with Gasteiger partial charge in [0.25, 0.3) is 5.91 Å². The summed E-state index contributed by atoms with van der Waals surface area (Å²) in [6.07, 6.45) is 1.40. The Labute approximate surface area is 105 Å². The highest BCUT2D eigenvalue weighted by molar-refractivity contribution is 5.97. The molecule has 0 saturated heterocycles. The van der Waals surface area contributed by atoms with E-state index in [0.29, 0.717) is 0 Å². The van der Waals surface area contributed by atoms with Gasteiger partial charge in [-0.2, -0.15) is 0 Å². The number of pyridine rings is 1. The summed E-state index contributed by atoms with van der Waals surface area (Å²) in [4.78, 5) is 27.1. The fourth-order valence-corrected chi connectivity index (χ4v) is 1.31. The quantitative estimate of drug-likeness (QED) is 0.723. The second kappa shape index (κ2) is 6.00. The van der Waals surface area contributed by atoms with Crippen molar-refractivity contribution in [3.8, 4) is 5.75 Å². The molecule has 1 atom stereocenters. The first-order valence-corrected chi connectivity index (χ1v) is 5.67. The van der Waals surface area contributed by atoms with Crippen molar-refractivity contribution < 1.29 is 14.7 Å². The fraction of sp³-hybridized carbons (Fsp3) is 0.417. The van der Waals surface area contributed by atoms with Gasteiger partial charge < -0.3 is 15.7 Å². The predicted molar refractivity (Wildman–Crippen MR) is 66.1 cm³/mol. The monoisotopic (exact) mass is 251 g/mol. The topological polar surface area (TPSA) is 91.3 Å². The maximum Gasteiger partial charge on any atom is 0.274 e. The van der Waals surface area contributed by atoms with Crippen molar-refractivity contribution in [2.45, 2.75) is 32.9 Å². The zero-order valence-corrected chi connectivity index (χ0v) is 10.6. The van der Waals surface area contributed by atoms with Crippen LogP contribution in [0.2, 0.25) is 0 Å². The summed E-state index contributed by atoms with van der Waals surface area (Å²) in [7, 11) is 0. The second-order valence-corrected chi connectivity index (χ2v) is 4.23. The Balaban J connectivity index is 2.65. The van der Waals surface area contributed by atoms with Crippen molar-refractivity contribution in [3.05, 3.63) is 24.0 Å². The van der Waals surface area contributed by atoms with Crippen LogP contribution in [-0.2, 0) is 4.79 Å². The third-order valence-electron chi connectivity index (χ3n) is 2.17. The van der Waals surface area contributed by atoms with Gasteiger partial charge in [-0.1, -0.05) is 0 Å². The lowest BCUT2D eigenvalue weighted by molar-refractivity contribution is -0.123. The Morgan fingerprint density at radius 2 is 1.94 bits per heavy atom. The second-order valence-electron chi connectivity index (χ2n) is 4.23. The Morgan fingerprint density at radius 3 is 2.50 bits per heavy atom. The highest BCUT2D eigenvalue weighted by Gasteiger charge is 2.19. The van der Waals surface area contributed by atoms with E-state index in [-0.39, 0.29) is 23.4 Å². The average molecular weight is 251 g/mol. The average Bonchev–Trinajstić information content (AvgIpc) is 2.28.